The van der Waals surface area contributed by atoms with E-state index in [9.17, 15) is 0 Å². The van der Waals surface area contributed by atoms with Crippen molar-refractivity contribution < 1.29 is 9.47 Å². The van der Waals surface area contributed by atoms with E-state index in [0.29, 0.717) is 23.3 Å². The minimum Gasteiger partial charge on any atom is -0.490 e. The zero-order valence-corrected chi connectivity index (χ0v) is 16.6. The number of anilines is 1. The maximum atomic E-state index is 5.99. The molecular weight excluding hydrogens is 371 g/mol. The average Bonchev–Trinajstić information content (AvgIpc) is 2.63. The predicted octanol–water partition coefficient (Wildman–Crippen LogP) is 6.41. The van der Waals surface area contributed by atoms with E-state index < -0.39 is 0 Å². The van der Waals surface area contributed by atoms with Gasteiger partial charge in [0.05, 0.1) is 35.2 Å². The van der Waals surface area contributed by atoms with Gasteiger partial charge in [-0.25, -0.2) is 0 Å². The third-order valence-electron chi connectivity index (χ3n) is 3.60. The lowest BCUT2D eigenvalue weighted by Crippen LogP contribution is -2.01. The lowest BCUT2D eigenvalue weighted by molar-refractivity contribution is 0.271. The van der Waals surface area contributed by atoms with Crippen LogP contribution >= 0.6 is 23.2 Å². The van der Waals surface area contributed by atoms with Crippen LogP contribution in [0.2, 0.25) is 10.0 Å². The molecule has 4 nitrogen and oxygen atoms in total. The van der Waals surface area contributed by atoms with E-state index in [-0.39, 0.29) is 0 Å². The Morgan fingerprint density at radius 2 is 1.81 bits per heavy atom. The summed E-state index contributed by atoms with van der Waals surface area (Å²) in [6, 6.07) is 11.0. The molecule has 2 aromatic rings. The first-order chi connectivity index (χ1) is 12.6. The van der Waals surface area contributed by atoms with Gasteiger partial charge in [0.2, 0.25) is 0 Å². The summed E-state index contributed by atoms with van der Waals surface area (Å²) in [5.41, 5.74) is 4.60. The van der Waals surface area contributed by atoms with E-state index in [1.165, 1.54) is 6.42 Å². The first kappa shape index (κ1) is 20.4. The molecule has 26 heavy (non-hydrogen) atoms. The van der Waals surface area contributed by atoms with Crippen LogP contribution < -0.4 is 14.9 Å². The highest BCUT2D eigenvalue weighted by Crippen LogP contribution is 2.28. The van der Waals surface area contributed by atoms with Crippen LogP contribution in [0.3, 0.4) is 0 Å². The molecule has 0 fully saturated rings. The average molecular weight is 395 g/mol. The Morgan fingerprint density at radius 1 is 0.962 bits per heavy atom. The Morgan fingerprint density at radius 3 is 2.54 bits per heavy atom. The Labute approximate surface area is 165 Å². The molecule has 0 saturated carbocycles. The summed E-state index contributed by atoms with van der Waals surface area (Å²) >= 11 is 11.9. The van der Waals surface area contributed by atoms with Gasteiger partial charge in [-0.3, -0.25) is 5.43 Å². The zero-order chi connectivity index (χ0) is 18.8. The zero-order valence-electron chi connectivity index (χ0n) is 15.1. The molecule has 0 amide bonds. The second-order valence-electron chi connectivity index (χ2n) is 5.69. The molecule has 0 spiro atoms. The normalized spacial score (nSPS) is 10.9. The van der Waals surface area contributed by atoms with Crippen LogP contribution in [0, 0.1) is 0 Å². The smallest absolute Gasteiger partial charge is 0.161 e. The summed E-state index contributed by atoms with van der Waals surface area (Å²) in [5, 5.41) is 5.22. The molecule has 0 radical (unpaired) electrons. The summed E-state index contributed by atoms with van der Waals surface area (Å²) in [5.74, 6) is 1.49. The maximum Gasteiger partial charge on any atom is 0.161 e. The van der Waals surface area contributed by atoms with Gasteiger partial charge in [0.25, 0.3) is 0 Å². The van der Waals surface area contributed by atoms with Gasteiger partial charge in [-0.2, -0.15) is 5.10 Å². The fourth-order valence-electron chi connectivity index (χ4n) is 2.27. The van der Waals surface area contributed by atoms with E-state index in [4.69, 9.17) is 32.7 Å². The van der Waals surface area contributed by atoms with Crippen molar-refractivity contribution in [2.45, 2.75) is 33.1 Å². The molecule has 1 N–H and O–H groups in total. The first-order valence-corrected chi connectivity index (χ1v) is 9.53. The number of hydrogen-bond donors (Lipinski definition) is 1. The molecule has 0 aliphatic rings. The summed E-state index contributed by atoms with van der Waals surface area (Å²) in [6.07, 6.45) is 5.09. The number of hydrogen-bond acceptors (Lipinski definition) is 4. The number of rotatable bonds is 10. The van der Waals surface area contributed by atoms with E-state index in [1.54, 1.807) is 18.3 Å². The predicted molar refractivity (Wildman–Crippen MR) is 110 cm³/mol. The molecule has 0 aliphatic carbocycles. The Balaban J connectivity index is 2.01. The molecule has 2 rings (SSSR count). The number of unbranched alkanes of at least 4 members (excludes halogenated alkanes) is 2. The molecule has 0 saturated heterocycles. The number of benzene rings is 2. The van der Waals surface area contributed by atoms with Gasteiger partial charge >= 0.3 is 0 Å². The van der Waals surface area contributed by atoms with Crippen LogP contribution in [0.15, 0.2) is 41.5 Å². The van der Waals surface area contributed by atoms with E-state index in [2.05, 4.69) is 17.5 Å². The van der Waals surface area contributed by atoms with Gasteiger partial charge in [-0.05, 0) is 55.3 Å². The van der Waals surface area contributed by atoms with Crippen LogP contribution in [0.4, 0.5) is 5.69 Å². The Kier molecular flexibility index (Phi) is 8.59. The van der Waals surface area contributed by atoms with E-state index in [0.717, 1.165) is 35.6 Å². The maximum absolute atomic E-state index is 5.99. The van der Waals surface area contributed by atoms with Crippen LogP contribution in [0.1, 0.15) is 38.7 Å². The van der Waals surface area contributed by atoms with Crippen molar-refractivity contribution in [2.24, 2.45) is 5.10 Å². The lowest BCUT2D eigenvalue weighted by Gasteiger charge is -2.12. The highest BCUT2D eigenvalue weighted by Gasteiger charge is 2.06. The van der Waals surface area contributed by atoms with E-state index >= 15 is 0 Å². The van der Waals surface area contributed by atoms with Crippen molar-refractivity contribution in [3.8, 4) is 11.5 Å². The number of hydrazone groups is 1. The van der Waals surface area contributed by atoms with Crippen LogP contribution in [0.5, 0.6) is 11.5 Å². The van der Waals surface area contributed by atoms with Gasteiger partial charge in [0.15, 0.2) is 11.5 Å². The van der Waals surface area contributed by atoms with Crippen LogP contribution in [0.25, 0.3) is 0 Å². The Hall–Kier alpha value is -1.91. The number of nitrogens with zero attached hydrogens (tertiary/aromatic N) is 1. The fraction of sp³-hybridized carbons (Fsp3) is 0.350. The second kappa shape index (κ2) is 10.9. The summed E-state index contributed by atoms with van der Waals surface area (Å²) in [7, 11) is 0. The molecular formula is C20H24Cl2N2O2. The monoisotopic (exact) mass is 394 g/mol. The molecule has 2 aromatic carbocycles. The highest BCUT2D eigenvalue weighted by atomic mass is 35.5. The molecule has 0 bridgehead atoms. The lowest BCUT2D eigenvalue weighted by atomic mass is 10.2. The molecule has 140 valence electrons. The minimum atomic E-state index is 0.482. The van der Waals surface area contributed by atoms with Gasteiger partial charge in [-0.1, -0.05) is 43.0 Å². The van der Waals surface area contributed by atoms with Crippen molar-refractivity contribution in [3.05, 3.63) is 52.0 Å². The summed E-state index contributed by atoms with van der Waals surface area (Å²) < 4.78 is 11.5. The van der Waals surface area contributed by atoms with Gasteiger partial charge in [-0.15, -0.1) is 0 Å². The molecule has 0 unspecified atom stereocenters. The first-order valence-electron chi connectivity index (χ1n) is 8.77. The fourth-order valence-corrected chi connectivity index (χ4v) is 2.57. The quantitative estimate of drug-likeness (QED) is 0.287. The van der Waals surface area contributed by atoms with Crippen LogP contribution in [-0.2, 0) is 0 Å². The summed E-state index contributed by atoms with van der Waals surface area (Å²) in [6.45, 7) is 5.40. The standard InChI is InChI=1S/C20H24Cl2N2O2/c1-3-5-6-11-26-19-10-7-15(12-20(19)25-4-2)14-23-24-16-8-9-17(21)18(22)13-16/h7-10,12-14,24H,3-6,11H2,1-2H3. The van der Waals surface area contributed by atoms with E-state index in [1.807, 2.05) is 31.2 Å². The summed E-state index contributed by atoms with van der Waals surface area (Å²) in [4.78, 5) is 0. The third-order valence-corrected chi connectivity index (χ3v) is 4.34. The van der Waals surface area contributed by atoms with Crippen LogP contribution in [-0.4, -0.2) is 19.4 Å². The molecule has 0 heterocycles. The molecule has 0 atom stereocenters. The van der Waals surface area contributed by atoms with Crippen molar-refractivity contribution >= 4 is 35.1 Å². The van der Waals surface area contributed by atoms with Crippen molar-refractivity contribution in [2.75, 3.05) is 18.6 Å². The van der Waals surface area contributed by atoms with Gasteiger partial charge < -0.3 is 9.47 Å². The number of ether oxygens (including phenoxy) is 2. The third kappa shape index (κ3) is 6.43. The van der Waals surface area contributed by atoms with Gasteiger partial charge in [0.1, 0.15) is 0 Å². The molecule has 0 aromatic heterocycles. The van der Waals surface area contributed by atoms with Gasteiger partial charge in [0, 0.05) is 0 Å². The second-order valence-corrected chi connectivity index (χ2v) is 6.51. The van der Waals surface area contributed by atoms with Crippen molar-refractivity contribution in [1.82, 2.24) is 0 Å². The van der Waals surface area contributed by atoms with Crippen molar-refractivity contribution in [1.29, 1.82) is 0 Å². The molecule has 0 aliphatic heterocycles. The van der Waals surface area contributed by atoms with Crippen molar-refractivity contribution in [3.63, 3.8) is 0 Å². The minimum absolute atomic E-state index is 0.482. The number of halogens is 2. The number of nitrogens with one attached hydrogen (secondary N) is 1. The highest BCUT2D eigenvalue weighted by molar-refractivity contribution is 6.42. The SMILES string of the molecule is CCCCCOc1ccc(C=NNc2ccc(Cl)c(Cl)c2)cc1OCC. The largest absolute Gasteiger partial charge is 0.490 e. The molecule has 6 heteroatoms. The Bertz CT molecular complexity index is 736. The topological polar surface area (TPSA) is 42.8 Å².